The van der Waals surface area contributed by atoms with Gasteiger partial charge in [0.05, 0.1) is 17.7 Å². The molecule has 1 saturated heterocycles. The summed E-state index contributed by atoms with van der Waals surface area (Å²) in [7, 11) is 1.61. The second-order valence-electron chi connectivity index (χ2n) is 8.08. The van der Waals surface area contributed by atoms with Crippen molar-refractivity contribution in [2.75, 3.05) is 13.7 Å². The molecule has 174 valence electrons. The number of thioether (sulfide) groups is 1. The largest absolute Gasteiger partial charge is 0.496 e. The normalized spacial score (nSPS) is 15.9. The zero-order valence-corrected chi connectivity index (χ0v) is 20.0. The minimum absolute atomic E-state index is 0.109. The summed E-state index contributed by atoms with van der Waals surface area (Å²) in [6.07, 6.45) is 2.44. The first-order valence-corrected chi connectivity index (χ1v) is 12.1. The molecule has 4 nitrogen and oxygen atoms in total. The van der Waals surface area contributed by atoms with Gasteiger partial charge in [0, 0.05) is 17.5 Å². The van der Waals surface area contributed by atoms with Gasteiger partial charge in [0.2, 0.25) is 0 Å². The molecular weight excluding hydrogens is 459 g/mol. The van der Waals surface area contributed by atoms with Gasteiger partial charge in [0.25, 0.3) is 5.91 Å². The lowest BCUT2D eigenvalue weighted by molar-refractivity contribution is -0.122. The van der Waals surface area contributed by atoms with Crippen molar-refractivity contribution in [3.63, 3.8) is 0 Å². The van der Waals surface area contributed by atoms with E-state index in [9.17, 15) is 9.18 Å². The molecule has 1 heterocycles. The van der Waals surface area contributed by atoms with Gasteiger partial charge in [-0.2, -0.15) is 0 Å². The number of benzene rings is 4. The molecule has 1 amide bonds. The van der Waals surface area contributed by atoms with Gasteiger partial charge in [-0.15, -0.1) is 0 Å². The number of halogens is 1. The van der Waals surface area contributed by atoms with Gasteiger partial charge in [0.1, 0.15) is 11.6 Å². The highest BCUT2D eigenvalue weighted by Gasteiger charge is 2.33. The van der Waals surface area contributed by atoms with Gasteiger partial charge in [-0.25, -0.2) is 9.38 Å². The van der Waals surface area contributed by atoms with Crippen molar-refractivity contribution in [1.82, 2.24) is 4.90 Å². The third-order valence-electron chi connectivity index (χ3n) is 5.83. The van der Waals surface area contributed by atoms with Gasteiger partial charge in [0.15, 0.2) is 5.17 Å². The van der Waals surface area contributed by atoms with E-state index in [1.54, 1.807) is 24.1 Å². The smallest absolute Gasteiger partial charge is 0.266 e. The second-order valence-corrected chi connectivity index (χ2v) is 9.09. The van der Waals surface area contributed by atoms with E-state index in [0.717, 1.165) is 27.6 Å². The first kappa shape index (κ1) is 22.9. The molecule has 1 fully saturated rings. The van der Waals surface area contributed by atoms with Crippen LogP contribution < -0.4 is 4.74 Å². The molecule has 0 unspecified atom stereocenters. The third kappa shape index (κ3) is 4.98. The number of para-hydroxylation sites is 1. The number of hydrogen-bond donors (Lipinski definition) is 0. The lowest BCUT2D eigenvalue weighted by Gasteiger charge is -2.16. The van der Waals surface area contributed by atoms with Gasteiger partial charge in [-0.3, -0.25) is 9.69 Å². The molecule has 0 aliphatic carbocycles. The fourth-order valence-electron chi connectivity index (χ4n) is 4.02. The Morgan fingerprint density at radius 3 is 2.51 bits per heavy atom. The molecule has 1 aliphatic rings. The predicted octanol–water partition coefficient (Wildman–Crippen LogP) is 6.83. The third-order valence-corrected chi connectivity index (χ3v) is 6.84. The maximum absolute atomic E-state index is 13.5. The van der Waals surface area contributed by atoms with Crippen LogP contribution in [0, 0.1) is 5.82 Å². The van der Waals surface area contributed by atoms with E-state index in [1.807, 2.05) is 72.8 Å². The van der Waals surface area contributed by atoms with Crippen LogP contribution in [0.2, 0.25) is 0 Å². The molecule has 4 aromatic rings. The Morgan fingerprint density at radius 1 is 0.943 bits per heavy atom. The van der Waals surface area contributed by atoms with Gasteiger partial charge < -0.3 is 4.74 Å². The minimum Gasteiger partial charge on any atom is -0.496 e. The summed E-state index contributed by atoms with van der Waals surface area (Å²) in [5, 5.41) is 2.73. The van der Waals surface area contributed by atoms with Crippen LogP contribution in [0.15, 0.2) is 101 Å². The minimum atomic E-state index is -0.276. The fourth-order valence-corrected chi connectivity index (χ4v) is 5.02. The number of aliphatic imine (C=N–C) groups is 1. The topological polar surface area (TPSA) is 41.9 Å². The lowest BCUT2D eigenvalue weighted by atomic mass is 10.1. The van der Waals surface area contributed by atoms with E-state index in [1.165, 1.54) is 23.9 Å². The number of hydrogen-bond acceptors (Lipinski definition) is 4. The number of ether oxygens (including phenoxy) is 1. The average molecular weight is 483 g/mol. The maximum Gasteiger partial charge on any atom is 0.266 e. The van der Waals surface area contributed by atoms with Crippen LogP contribution >= 0.6 is 11.8 Å². The standard InChI is InChI=1S/C29H23FN2O2S/c1-34-26-12-5-3-8-22(26)19-27-28(33)32(18-17-20-13-15-23(30)16-14-20)29(35-27)31-25-11-6-9-21-7-2-4-10-24(21)25/h2-16,19H,17-18H2,1H3. The number of fused-ring (bicyclic) bond motifs is 1. The Bertz CT molecular complexity index is 1440. The molecule has 5 rings (SSSR count). The van der Waals surface area contributed by atoms with Crippen molar-refractivity contribution in [1.29, 1.82) is 0 Å². The number of carbonyl (C=O) groups is 1. The average Bonchev–Trinajstić information content (AvgIpc) is 3.17. The van der Waals surface area contributed by atoms with Crippen molar-refractivity contribution < 1.29 is 13.9 Å². The zero-order valence-electron chi connectivity index (χ0n) is 19.1. The van der Waals surface area contributed by atoms with Crippen molar-refractivity contribution in [2.24, 2.45) is 4.99 Å². The van der Waals surface area contributed by atoms with E-state index < -0.39 is 0 Å². The van der Waals surface area contributed by atoms with Crippen LogP contribution in [-0.2, 0) is 11.2 Å². The van der Waals surface area contributed by atoms with Crippen molar-refractivity contribution in [2.45, 2.75) is 6.42 Å². The summed E-state index contributed by atoms with van der Waals surface area (Å²) in [4.78, 5) is 20.7. The van der Waals surface area contributed by atoms with E-state index >= 15 is 0 Å². The molecule has 0 atom stereocenters. The van der Waals surface area contributed by atoms with E-state index in [-0.39, 0.29) is 11.7 Å². The number of amides is 1. The highest BCUT2D eigenvalue weighted by molar-refractivity contribution is 8.18. The molecule has 0 aromatic heterocycles. The van der Waals surface area contributed by atoms with Gasteiger partial charge >= 0.3 is 0 Å². The Morgan fingerprint density at radius 2 is 1.69 bits per heavy atom. The first-order chi connectivity index (χ1) is 17.1. The number of rotatable bonds is 6. The molecule has 6 heteroatoms. The number of methoxy groups -OCH3 is 1. The Balaban J connectivity index is 1.52. The van der Waals surface area contributed by atoms with Crippen LogP contribution in [0.1, 0.15) is 11.1 Å². The lowest BCUT2D eigenvalue weighted by Crippen LogP contribution is -2.31. The van der Waals surface area contributed by atoms with Gasteiger partial charge in [-0.1, -0.05) is 66.7 Å². The van der Waals surface area contributed by atoms with Crippen LogP contribution in [0.5, 0.6) is 5.75 Å². The molecule has 0 bridgehead atoms. The van der Waals surface area contributed by atoms with E-state index in [2.05, 4.69) is 0 Å². The number of carbonyl (C=O) groups excluding carboxylic acids is 1. The first-order valence-electron chi connectivity index (χ1n) is 11.3. The predicted molar refractivity (Wildman–Crippen MR) is 141 cm³/mol. The van der Waals surface area contributed by atoms with Crippen molar-refractivity contribution >= 4 is 45.4 Å². The summed E-state index contributed by atoms with van der Waals surface area (Å²) in [6, 6.07) is 28.0. The van der Waals surface area contributed by atoms with Crippen molar-refractivity contribution in [3.05, 3.63) is 113 Å². The quantitative estimate of drug-likeness (QED) is 0.283. The van der Waals surface area contributed by atoms with Gasteiger partial charge in [-0.05, 0) is 59.5 Å². The molecule has 0 spiro atoms. The van der Waals surface area contributed by atoms with Crippen LogP contribution in [0.25, 0.3) is 16.8 Å². The van der Waals surface area contributed by atoms with Crippen molar-refractivity contribution in [3.8, 4) is 5.75 Å². The maximum atomic E-state index is 13.5. The molecule has 0 radical (unpaired) electrons. The molecule has 4 aromatic carbocycles. The number of amidine groups is 1. The molecular formula is C29H23FN2O2S. The van der Waals surface area contributed by atoms with Crippen LogP contribution in [-0.4, -0.2) is 29.6 Å². The summed E-state index contributed by atoms with van der Waals surface area (Å²) in [6.45, 7) is 0.435. The Labute approximate surface area is 207 Å². The van der Waals surface area contributed by atoms with E-state index in [4.69, 9.17) is 9.73 Å². The second kappa shape index (κ2) is 10.2. The van der Waals surface area contributed by atoms with Crippen LogP contribution in [0.4, 0.5) is 10.1 Å². The highest BCUT2D eigenvalue weighted by atomic mass is 32.2. The summed E-state index contributed by atoms with van der Waals surface area (Å²) in [5.74, 6) is 0.314. The fraction of sp³-hybridized carbons (Fsp3) is 0.103. The van der Waals surface area contributed by atoms with Crippen LogP contribution in [0.3, 0.4) is 0 Å². The number of nitrogens with zero attached hydrogens (tertiary/aromatic N) is 2. The molecule has 35 heavy (non-hydrogen) atoms. The SMILES string of the molecule is COc1ccccc1C=C1SC(=Nc2cccc3ccccc23)N(CCc2ccc(F)cc2)C1=O. The van der Waals surface area contributed by atoms with E-state index in [0.29, 0.717) is 28.8 Å². The monoisotopic (exact) mass is 482 g/mol. The molecule has 1 aliphatic heterocycles. The summed E-state index contributed by atoms with van der Waals surface area (Å²) in [5.41, 5.74) is 2.59. The Hall–Kier alpha value is -3.90. The zero-order chi connectivity index (χ0) is 24.2. The highest BCUT2D eigenvalue weighted by Crippen LogP contribution is 2.37. The molecule has 0 saturated carbocycles. The molecule has 0 N–H and O–H groups in total. The summed E-state index contributed by atoms with van der Waals surface area (Å²) >= 11 is 1.35. The Kier molecular flexibility index (Phi) is 6.64. The summed E-state index contributed by atoms with van der Waals surface area (Å²) < 4.78 is 18.8.